The third-order valence-corrected chi connectivity index (χ3v) is 3.26. The number of primary amides is 1. The van der Waals surface area contributed by atoms with E-state index in [0.717, 1.165) is 6.07 Å². The first-order valence-corrected chi connectivity index (χ1v) is 7.56. The highest BCUT2D eigenvalue weighted by Crippen LogP contribution is 2.37. The number of hydrogen-bond donors (Lipinski definition) is 1. The first kappa shape index (κ1) is 19.5. The molecule has 0 aliphatic heterocycles. The fourth-order valence-electron chi connectivity index (χ4n) is 2.20. The SMILES string of the molecule is CC(C)CC(C)(COc1ncc(Br)cc1C(F)(F)F)OC(N)=O. The molecule has 1 aromatic rings. The zero-order valence-corrected chi connectivity index (χ0v) is 14.5. The molecule has 1 amide bonds. The summed E-state index contributed by atoms with van der Waals surface area (Å²) in [6, 6.07) is 0.872. The average molecular weight is 399 g/mol. The largest absolute Gasteiger partial charge is 0.473 e. The van der Waals surface area contributed by atoms with Crippen LogP contribution in [0.5, 0.6) is 5.88 Å². The number of carbonyl (C=O) groups is 1. The van der Waals surface area contributed by atoms with Gasteiger partial charge in [0.2, 0.25) is 5.88 Å². The molecule has 0 bridgehead atoms. The molecule has 1 rings (SSSR count). The van der Waals surface area contributed by atoms with E-state index in [1.54, 1.807) is 6.92 Å². The Bertz CT molecular complexity index is 567. The van der Waals surface area contributed by atoms with Crippen molar-refractivity contribution in [2.75, 3.05) is 6.61 Å². The van der Waals surface area contributed by atoms with E-state index in [-0.39, 0.29) is 17.0 Å². The Balaban J connectivity index is 3.00. The van der Waals surface area contributed by atoms with Gasteiger partial charge in [0, 0.05) is 10.7 Å². The third-order valence-electron chi connectivity index (χ3n) is 2.82. The number of carbonyl (C=O) groups excluding carboxylic acids is 1. The number of rotatable bonds is 6. The van der Waals surface area contributed by atoms with Crippen LogP contribution in [0, 0.1) is 5.92 Å². The van der Waals surface area contributed by atoms with Crippen LogP contribution in [-0.4, -0.2) is 23.3 Å². The molecule has 1 aromatic heterocycles. The summed E-state index contributed by atoms with van der Waals surface area (Å²) in [5.74, 6) is -0.466. The van der Waals surface area contributed by atoms with Crippen LogP contribution >= 0.6 is 15.9 Å². The molecule has 1 heterocycles. The standard InChI is InChI=1S/C14H18BrF3N2O3/c1-8(2)5-13(3,23-12(19)21)7-22-11-10(14(16,17)18)4-9(15)6-20-11/h4,6,8H,5,7H2,1-3H3,(H2,19,21). The predicted octanol–water partition coefficient (Wildman–Crippen LogP) is 4.14. The fourth-order valence-corrected chi connectivity index (χ4v) is 2.53. The number of aromatic nitrogens is 1. The Kier molecular flexibility index (Phi) is 6.26. The topological polar surface area (TPSA) is 74.4 Å². The number of nitrogens with zero attached hydrogens (tertiary/aromatic N) is 1. The highest BCUT2D eigenvalue weighted by molar-refractivity contribution is 9.10. The van der Waals surface area contributed by atoms with Crippen LogP contribution < -0.4 is 10.5 Å². The molecule has 2 N–H and O–H groups in total. The van der Waals surface area contributed by atoms with Crippen LogP contribution in [0.4, 0.5) is 18.0 Å². The van der Waals surface area contributed by atoms with Crippen molar-refractivity contribution < 1.29 is 27.4 Å². The minimum absolute atomic E-state index is 0.114. The zero-order chi connectivity index (χ0) is 17.8. The van der Waals surface area contributed by atoms with Crippen LogP contribution in [0.2, 0.25) is 0 Å². The Morgan fingerprint density at radius 3 is 2.52 bits per heavy atom. The van der Waals surface area contributed by atoms with Crippen LogP contribution in [0.3, 0.4) is 0 Å². The Morgan fingerprint density at radius 1 is 1.43 bits per heavy atom. The van der Waals surface area contributed by atoms with Crippen molar-refractivity contribution in [3.05, 3.63) is 22.3 Å². The maximum absolute atomic E-state index is 13.0. The zero-order valence-electron chi connectivity index (χ0n) is 12.9. The molecule has 0 aliphatic rings. The Morgan fingerprint density at radius 2 is 2.04 bits per heavy atom. The van der Waals surface area contributed by atoms with Gasteiger partial charge in [0.25, 0.3) is 0 Å². The third kappa shape index (κ3) is 6.25. The van der Waals surface area contributed by atoms with Gasteiger partial charge in [0.15, 0.2) is 0 Å². The van der Waals surface area contributed by atoms with Gasteiger partial charge in [-0.15, -0.1) is 0 Å². The van der Waals surface area contributed by atoms with E-state index in [9.17, 15) is 18.0 Å². The number of halogens is 4. The average Bonchev–Trinajstić information content (AvgIpc) is 2.34. The normalized spacial score (nSPS) is 14.4. The van der Waals surface area contributed by atoms with Crippen LogP contribution in [0.15, 0.2) is 16.7 Å². The number of ether oxygens (including phenoxy) is 2. The summed E-state index contributed by atoms with van der Waals surface area (Å²) in [7, 11) is 0. The van der Waals surface area contributed by atoms with Gasteiger partial charge in [-0.1, -0.05) is 13.8 Å². The Hall–Kier alpha value is -1.51. The number of alkyl halides is 3. The second-order valence-corrected chi connectivity index (χ2v) is 6.68. The van der Waals surface area contributed by atoms with Crippen molar-refractivity contribution in [3.63, 3.8) is 0 Å². The highest BCUT2D eigenvalue weighted by Gasteiger charge is 2.37. The van der Waals surface area contributed by atoms with Crippen molar-refractivity contribution in [2.24, 2.45) is 11.7 Å². The number of pyridine rings is 1. The summed E-state index contributed by atoms with van der Waals surface area (Å²) >= 11 is 2.94. The van der Waals surface area contributed by atoms with Crippen molar-refractivity contribution in [1.29, 1.82) is 0 Å². The second kappa shape index (κ2) is 7.37. The lowest BCUT2D eigenvalue weighted by Crippen LogP contribution is -2.41. The summed E-state index contributed by atoms with van der Waals surface area (Å²) in [5, 5.41) is 0. The van der Waals surface area contributed by atoms with Crippen LogP contribution in [0.25, 0.3) is 0 Å². The minimum atomic E-state index is -4.62. The number of amides is 1. The van der Waals surface area contributed by atoms with Gasteiger partial charge >= 0.3 is 12.3 Å². The molecule has 9 heteroatoms. The summed E-state index contributed by atoms with van der Waals surface area (Å²) in [6.07, 6.45) is -4.07. The number of nitrogens with two attached hydrogens (primary N) is 1. The van der Waals surface area contributed by atoms with Gasteiger partial charge in [0.1, 0.15) is 17.8 Å². The van der Waals surface area contributed by atoms with Crippen molar-refractivity contribution in [3.8, 4) is 5.88 Å². The molecule has 0 aromatic carbocycles. The lowest BCUT2D eigenvalue weighted by molar-refractivity contribution is -0.140. The molecule has 130 valence electrons. The molecule has 0 saturated heterocycles. The molecule has 1 unspecified atom stereocenters. The van der Waals surface area contributed by atoms with E-state index in [0.29, 0.717) is 6.42 Å². The summed E-state index contributed by atoms with van der Waals surface area (Å²) in [4.78, 5) is 14.7. The molecule has 0 radical (unpaired) electrons. The van der Waals surface area contributed by atoms with Gasteiger partial charge in [-0.2, -0.15) is 13.2 Å². The lowest BCUT2D eigenvalue weighted by Gasteiger charge is -2.30. The van der Waals surface area contributed by atoms with Crippen LogP contribution in [-0.2, 0) is 10.9 Å². The number of hydrogen-bond acceptors (Lipinski definition) is 4. The highest BCUT2D eigenvalue weighted by atomic mass is 79.9. The first-order valence-electron chi connectivity index (χ1n) is 6.77. The van der Waals surface area contributed by atoms with Gasteiger partial charge in [-0.05, 0) is 41.3 Å². The smallest absolute Gasteiger partial charge is 0.421 e. The van der Waals surface area contributed by atoms with E-state index in [1.807, 2.05) is 13.8 Å². The quantitative estimate of drug-likeness (QED) is 0.780. The van der Waals surface area contributed by atoms with E-state index in [2.05, 4.69) is 20.9 Å². The summed E-state index contributed by atoms with van der Waals surface area (Å²) in [5.41, 5.74) is 2.85. The summed E-state index contributed by atoms with van der Waals surface area (Å²) < 4.78 is 49.5. The molecule has 1 atom stereocenters. The first-order chi connectivity index (χ1) is 10.4. The predicted molar refractivity (Wildman–Crippen MR) is 81.0 cm³/mol. The van der Waals surface area contributed by atoms with E-state index in [1.165, 1.54) is 6.20 Å². The lowest BCUT2D eigenvalue weighted by atomic mass is 9.95. The molecule has 23 heavy (non-hydrogen) atoms. The molecule has 0 saturated carbocycles. The van der Waals surface area contributed by atoms with Crippen molar-refractivity contribution in [2.45, 2.75) is 39.0 Å². The summed E-state index contributed by atoms with van der Waals surface area (Å²) in [6.45, 7) is 5.00. The van der Waals surface area contributed by atoms with Gasteiger partial charge in [-0.25, -0.2) is 9.78 Å². The fraction of sp³-hybridized carbons (Fsp3) is 0.571. The van der Waals surface area contributed by atoms with Crippen LogP contribution in [0.1, 0.15) is 32.8 Å². The van der Waals surface area contributed by atoms with Gasteiger partial charge < -0.3 is 15.2 Å². The Labute approximate surface area is 140 Å². The van der Waals surface area contributed by atoms with Gasteiger partial charge in [0.05, 0.1) is 0 Å². The van der Waals surface area contributed by atoms with E-state index >= 15 is 0 Å². The maximum atomic E-state index is 13.0. The molecular weight excluding hydrogens is 381 g/mol. The molecule has 0 fully saturated rings. The minimum Gasteiger partial charge on any atom is -0.473 e. The van der Waals surface area contributed by atoms with Crippen molar-refractivity contribution >= 4 is 22.0 Å². The maximum Gasteiger partial charge on any atom is 0.421 e. The molecule has 0 aliphatic carbocycles. The second-order valence-electron chi connectivity index (χ2n) is 5.76. The van der Waals surface area contributed by atoms with E-state index in [4.69, 9.17) is 15.2 Å². The van der Waals surface area contributed by atoms with Crippen molar-refractivity contribution in [1.82, 2.24) is 4.98 Å². The van der Waals surface area contributed by atoms with Gasteiger partial charge in [-0.3, -0.25) is 0 Å². The van der Waals surface area contributed by atoms with E-state index < -0.39 is 29.3 Å². The monoisotopic (exact) mass is 398 g/mol. The molecular formula is C14H18BrF3N2O3. The molecule has 5 nitrogen and oxygen atoms in total. The molecule has 0 spiro atoms.